The molecule has 3 aliphatic carbocycles. The molecule has 272 valence electrons. The third kappa shape index (κ3) is 3.95. The Kier molecular flexibility index (Phi) is 6.13. The van der Waals surface area contributed by atoms with Gasteiger partial charge < -0.3 is 0 Å². The predicted octanol–water partition coefficient (Wildman–Crippen LogP) is 15.9. The molecule has 3 aliphatic rings. The Labute approximate surface area is 339 Å². The number of rotatable bonds is 2. The number of fused-ring (bicyclic) bond motifs is 14. The lowest BCUT2D eigenvalue weighted by molar-refractivity contribution is 0.660. The zero-order valence-corrected chi connectivity index (χ0v) is 33.2. The van der Waals surface area contributed by atoms with Crippen LogP contribution in [0.1, 0.15) is 49.9 Å². The summed E-state index contributed by atoms with van der Waals surface area (Å²) in [4.78, 5) is 0. The first-order valence-electron chi connectivity index (χ1n) is 20.8. The smallest absolute Gasteiger partial charge is 0.0159 e. The molecule has 0 saturated carbocycles. The van der Waals surface area contributed by atoms with E-state index in [4.69, 9.17) is 0 Å². The van der Waals surface area contributed by atoms with Crippen molar-refractivity contribution in [1.82, 2.24) is 0 Å². The van der Waals surface area contributed by atoms with Gasteiger partial charge in [0.05, 0.1) is 0 Å². The SMILES string of the molecule is CC1(C)c2ccccc2-c2ccc(-c3c4c(c(-c5ccc6c(c5)C(C)(C)c5ccccc5-6)c5ccccc35)-c3cc5c6ccccc6ccc5c5cccc-4c35)cc21. The van der Waals surface area contributed by atoms with E-state index >= 15 is 0 Å². The zero-order valence-electron chi connectivity index (χ0n) is 33.2. The van der Waals surface area contributed by atoms with Crippen LogP contribution in [0.25, 0.3) is 110 Å². The van der Waals surface area contributed by atoms with E-state index in [1.54, 1.807) is 0 Å². The lowest BCUT2D eigenvalue weighted by Crippen LogP contribution is -2.15. The number of benzene rings is 10. The van der Waals surface area contributed by atoms with Crippen molar-refractivity contribution in [3.63, 3.8) is 0 Å². The monoisotopic (exact) mass is 736 g/mol. The lowest BCUT2D eigenvalue weighted by Gasteiger charge is -2.25. The van der Waals surface area contributed by atoms with Crippen molar-refractivity contribution in [2.45, 2.75) is 38.5 Å². The molecule has 0 N–H and O–H groups in total. The van der Waals surface area contributed by atoms with Gasteiger partial charge in [-0.25, -0.2) is 0 Å². The fraction of sp³-hybridized carbons (Fsp3) is 0.103. The topological polar surface area (TPSA) is 0 Å². The van der Waals surface area contributed by atoms with Gasteiger partial charge >= 0.3 is 0 Å². The largest absolute Gasteiger partial charge is 0.0619 e. The summed E-state index contributed by atoms with van der Waals surface area (Å²) < 4.78 is 0. The van der Waals surface area contributed by atoms with Crippen LogP contribution in [0.15, 0.2) is 170 Å². The quantitative estimate of drug-likeness (QED) is 0.155. The van der Waals surface area contributed by atoms with E-state index < -0.39 is 0 Å². The highest BCUT2D eigenvalue weighted by Crippen LogP contribution is 2.60. The average Bonchev–Trinajstić information content (AvgIpc) is 3.79. The van der Waals surface area contributed by atoms with Gasteiger partial charge in [-0.2, -0.15) is 0 Å². The van der Waals surface area contributed by atoms with Crippen molar-refractivity contribution in [3.8, 4) is 66.8 Å². The summed E-state index contributed by atoms with van der Waals surface area (Å²) in [6.07, 6.45) is 0. The van der Waals surface area contributed by atoms with Crippen LogP contribution < -0.4 is 0 Å². The second-order valence-corrected chi connectivity index (χ2v) is 17.9. The normalized spacial score (nSPS) is 14.8. The second-order valence-electron chi connectivity index (χ2n) is 17.9. The van der Waals surface area contributed by atoms with Gasteiger partial charge in [-0.05, 0) is 150 Å². The molecule has 0 unspecified atom stereocenters. The molecule has 0 atom stereocenters. The molecule has 0 amide bonds. The third-order valence-corrected chi connectivity index (χ3v) is 14.4. The number of hydrogen-bond donors (Lipinski definition) is 0. The van der Waals surface area contributed by atoms with Crippen LogP contribution in [-0.4, -0.2) is 0 Å². The lowest BCUT2D eigenvalue weighted by atomic mass is 9.78. The van der Waals surface area contributed by atoms with Crippen molar-refractivity contribution in [2.24, 2.45) is 0 Å². The van der Waals surface area contributed by atoms with E-state index in [1.165, 1.54) is 132 Å². The standard InChI is InChI=1S/C58H40/c1-57(2)48-22-11-9-16-38(48)40-28-25-34(30-50(40)57)52-43-18-7-8-19-44(43)53(35-26-29-41-39-17-10-12-23-49(39)58(3,4)51(41)31-35)56-47-32-46-36-15-6-5-14-33(36)24-27-37(46)42-20-13-21-45(54(42)47)55(52)56/h5-32H,1-4H3. The molecule has 0 heterocycles. The average molecular weight is 737 g/mol. The van der Waals surface area contributed by atoms with E-state index in [0.717, 1.165) is 0 Å². The van der Waals surface area contributed by atoms with Crippen molar-refractivity contribution < 1.29 is 0 Å². The zero-order chi connectivity index (χ0) is 38.7. The fourth-order valence-corrected chi connectivity index (χ4v) is 11.7. The summed E-state index contributed by atoms with van der Waals surface area (Å²) in [5.74, 6) is 0. The summed E-state index contributed by atoms with van der Waals surface area (Å²) in [5.41, 5.74) is 21.4. The van der Waals surface area contributed by atoms with E-state index in [9.17, 15) is 0 Å². The molecule has 0 aromatic heterocycles. The highest BCUT2D eigenvalue weighted by molar-refractivity contribution is 6.32. The minimum atomic E-state index is -0.103. The van der Waals surface area contributed by atoms with E-state index in [-0.39, 0.29) is 10.8 Å². The van der Waals surface area contributed by atoms with Gasteiger partial charge in [-0.1, -0.05) is 179 Å². The van der Waals surface area contributed by atoms with Crippen molar-refractivity contribution in [2.75, 3.05) is 0 Å². The molecular formula is C58H40. The third-order valence-electron chi connectivity index (χ3n) is 14.4. The van der Waals surface area contributed by atoms with E-state index in [2.05, 4.69) is 198 Å². The molecule has 0 fully saturated rings. The Morgan fingerprint density at radius 3 is 1.38 bits per heavy atom. The highest BCUT2D eigenvalue weighted by Gasteiger charge is 2.38. The minimum absolute atomic E-state index is 0.0998. The maximum absolute atomic E-state index is 2.53. The Morgan fingerprint density at radius 1 is 0.276 bits per heavy atom. The molecular weight excluding hydrogens is 697 g/mol. The molecule has 58 heavy (non-hydrogen) atoms. The van der Waals surface area contributed by atoms with Crippen LogP contribution in [0.4, 0.5) is 0 Å². The molecule has 0 spiro atoms. The molecule has 13 rings (SSSR count). The summed E-state index contributed by atoms with van der Waals surface area (Å²) in [7, 11) is 0. The Bertz CT molecular complexity index is 3500. The Hall–Kier alpha value is -6.76. The maximum atomic E-state index is 2.53. The van der Waals surface area contributed by atoms with Crippen molar-refractivity contribution in [1.29, 1.82) is 0 Å². The molecule has 0 bridgehead atoms. The Morgan fingerprint density at radius 2 is 0.759 bits per heavy atom. The summed E-state index contributed by atoms with van der Waals surface area (Å²) in [6, 6.07) is 65.0. The van der Waals surface area contributed by atoms with Crippen LogP contribution in [-0.2, 0) is 10.8 Å². The number of hydrogen-bond acceptors (Lipinski definition) is 0. The molecule has 0 heteroatoms. The first kappa shape index (κ1) is 32.3. The summed E-state index contributed by atoms with van der Waals surface area (Å²) in [6.45, 7) is 9.59. The van der Waals surface area contributed by atoms with Crippen LogP contribution >= 0.6 is 0 Å². The molecule has 0 aliphatic heterocycles. The second kappa shape index (κ2) is 11.0. The van der Waals surface area contributed by atoms with Gasteiger partial charge in [0.15, 0.2) is 0 Å². The Balaban J connectivity index is 1.18. The summed E-state index contributed by atoms with van der Waals surface area (Å²) in [5, 5.41) is 10.5. The van der Waals surface area contributed by atoms with Crippen LogP contribution in [0.5, 0.6) is 0 Å². The van der Waals surface area contributed by atoms with Crippen molar-refractivity contribution >= 4 is 43.1 Å². The first-order chi connectivity index (χ1) is 28.3. The van der Waals surface area contributed by atoms with Gasteiger partial charge in [0.2, 0.25) is 0 Å². The van der Waals surface area contributed by atoms with Crippen LogP contribution in [0.2, 0.25) is 0 Å². The molecule has 10 aromatic carbocycles. The summed E-state index contributed by atoms with van der Waals surface area (Å²) >= 11 is 0. The van der Waals surface area contributed by atoms with Gasteiger partial charge in [0.1, 0.15) is 0 Å². The molecule has 0 saturated heterocycles. The van der Waals surface area contributed by atoms with Gasteiger partial charge in [0, 0.05) is 10.8 Å². The first-order valence-corrected chi connectivity index (χ1v) is 20.8. The maximum Gasteiger partial charge on any atom is 0.0159 e. The van der Waals surface area contributed by atoms with Crippen LogP contribution in [0.3, 0.4) is 0 Å². The predicted molar refractivity (Wildman–Crippen MR) is 247 cm³/mol. The van der Waals surface area contributed by atoms with Gasteiger partial charge in [0.25, 0.3) is 0 Å². The minimum Gasteiger partial charge on any atom is -0.0619 e. The van der Waals surface area contributed by atoms with Crippen molar-refractivity contribution in [3.05, 3.63) is 192 Å². The van der Waals surface area contributed by atoms with E-state index in [1.807, 2.05) is 0 Å². The fourth-order valence-electron chi connectivity index (χ4n) is 11.7. The van der Waals surface area contributed by atoms with E-state index in [0.29, 0.717) is 0 Å². The molecule has 0 radical (unpaired) electrons. The van der Waals surface area contributed by atoms with Gasteiger partial charge in [-0.3, -0.25) is 0 Å². The van der Waals surface area contributed by atoms with Crippen LogP contribution in [0, 0.1) is 0 Å². The van der Waals surface area contributed by atoms with Gasteiger partial charge in [-0.15, -0.1) is 0 Å². The molecule has 0 nitrogen and oxygen atoms in total. The molecule has 10 aromatic rings. The highest BCUT2D eigenvalue weighted by atomic mass is 14.4.